The summed E-state index contributed by atoms with van der Waals surface area (Å²) in [5.74, 6) is -0.124. The van der Waals surface area contributed by atoms with Crippen molar-refractivity contribution in [1.29, 1.82) is 0 Å². The summed E-state index contributed by atoms with van der Waals surface area (Å²) in [6.45, 7) is 7.25. The van der Waals surface area contributed by atoms with Gasteiger partial charge in [0.2, 0.25) is 5.91 Å². The van der Waals surface area contributed by atoms with Crippen molar-refractivity contribution in [3.05, 3.63) is 35.6 Å². The molecule has 23 heavy (non-hydrogen) atoms. The third kappa shape index (κ3) is 3.14. The number of halogens is 1. The van der Waals surface area contributed by atoms with E-state index in [0.29, 0.717) is 13.1 Å². The second kappa shape index (κ2) is 5.90. The normalized spacial score (nSPS) is 26.3. The molecular weight excluding hydrogens is 293 g/mol. The molecule has 1 heterocycles. The Morgan fingerprint density at radius 1 is 1.30 bits per heavy atom. The Morgan fingerprint density at radius 2 is 2.00 bits per heavy atom. The zero-order valence-electron chi connectivity index (χ0n) is 14.3. The molecule has 1 atom stereocenters. The number of hydrogen-bond acceptors (Lipinski definition) is 2. The lowest BCUT2D eigenvalue weighted by molar-refractivity contribution is -0.163. The number of amides is 1. The molecular formula is C19H26FNO2. The number of morpholine rings is 1. The molecule has 1 saturated heterocycles. The van der Waals surface area contributed by atoms with Crippen LogP contribution in [0.3, 0.4) is 0 Å². The van der Waals surface area contributed by atoms with Crippen molar-refractivity contribution in [1.82, 2.24) is 4.90 Å². The number of carbonyl (C=O) groups excluding carboxylic acids is 1. The Balaban J connectivity index is 1.93. The SMILES string of the molecule is CC1CN(C(=O)C2(c3cccc(F)c3)CCCC2)CC(C)(C)O1. The highest BCUT2D eigenvalue weighted by Crippen LogP contribution is 2.43. The van der Waals surface area contributed by atoms with Crippen LogP contribution in [0.15, 0.2) is 24.3 Å². The first kappa shape index (κ1) is 16.4. The topological polar surface area (TPSA) is 29.5 Å². The van der Waals surface area contributed by atoms with Crippen LogP contribution in [0.1, 0.15) is 52.0 Å². The van der Waals surface area contributed by atoms with Gasteiger partial charge in [0.1, 0.15) is 5.82 Å². The molecule has 3 nitrogen and oxygen atoms in total. The molecule has 1 saturated carbocycles. The van der Waals surface area contributed by atoms with E-state index in [0.717, 1.165) is 31.2 Å². The molecule has 0 spiro atoms. The molecule has 0 bridgehead atoms. The van der Waals surface area contributed by atoms with Gasteiger partial charge in [0.05, 0.1) is 17.1 Å². The maximum absolute atomic E-state index is 13.7. The quantitative estimate of drug-likeness (QED) is 0.832. The third-order valence-corrected chi connectivity index (χ3v) is 5.10. The molecule has 1 unspecified atom stereocenters. The predicted molar refractivity (Wildman–Crippen MR) is 87.8 cm³/mol. The molecule has 2 fully saturated rings. The van der Waals surface area contributed by atoms with Crippen LogP contribution in [0.4, 0.5) is 4.39 Å². The molecule has 0 N–H and O–H groups in total. The highest BCUT2D eigenvalue weighted by Gasteiger charge is 2.47. The van der Waals surface area contributed by atoms with Gasteiger partial charge < -0.3 is 9.64 Å². The molecule has 3 rings (SSSR count). The van der Waals surface area contributed by atoms with Gasteiger partial charge in [-0.2, -0.15) is 0 Å². The summed E-state index contributed by atoms with van der Waals surface area (Å²) >= 11 is 0. The van der Waals surface area contributed by atoms with E-state index in [2.05, 4.69) is 0 Å². The number of nitrogens with zero attached hydrogens (tertiary/aromatic N) is 1. The minimum absolute atomic E-state index is 0.0219. The summed E-state index contributed by atoms with van der Waals surface area (Å²) < 4.78 is 19.7. The lowest BCUT2D eigenvalue weighted by atomic mass is 9.77. The Morgan fingerprint density at radius 3 is 2.61 bits per heavy atom. The molecule has 2 aliphatic rings. The summed E-state index contributed by atoms with van der Waals surface area (Å²) in [5.41, 5.74) is -0.0680. The van der Waals surface area contributed by atoms with Crippen molar-refractivity contribution in [2.75, 3.05) is 13.1 Å². The van der Waals surface area contributed by atoms with Gasteiger partial charge in [-0.25, -0.2) is 4.39 Å². The van der Waals surface area contributed by atoms with Crippen LogP contribution in [-0.4, -0.2) is 35.6 Å². The van der Waals surface area contributed by atoms with E-state index in [1.165, 1.54) is 12.1 Å². The maximum atomic E-state index is 13.7. The van der Waals surface area contributed by atoms with Gasteiger partial charge >= 0.3 is 0 Å². The molecule has 1 aliphatic carbocycles. The number of hydrogen-bond donors (Lipinski definition) is 0. The average Bonchev–Trinajstić information content (AvgIpc) is 2.95. The van der Waals surface area contributed by atoms with E-state index in [1.807, 2.05) is 31.7 Å². The van der Waals surface area contributed by atoms with Crippen molar-refractivity contribution < 1.29 is 13.9 Å². The first-order valence-electron chi connectivity index (χ1n) is 8.56. The van der Waals surface area contributed by atoms with E-state index in [4.69, 9.17) is 4.74 Å². The molecule has 1 aliphatic heterocycles. The minimum Gasteiger partial charge on any atom is -0.369 e. The lowest BCUT2D eigenvalue weighted by Gasteiger charge is -2.45. The van der Waals surface area contributed by atoms with Gasteiger partial charge in [0.15, 0.2) is 0 Å². The number of ether oxygens (including phenoxy) is 1. The Kier molecular flexibility index (Phi) is 4.21. The Bertz CT molecular complexity index is 593. The maximum Gasteiger partial charge on any atom is 0.233 e. The summed E-state index contributed by atoms with van der Waals surface area (Å²) in [7, 11) is 0. The molecule has 1 aromatic rings. The summed E-state index contributed by atoms with van der Waals surface area (Å²) in [4.78, 5) is 15.4. The molecule has 1 amide bonds. The van der Waals surface area contributed by atoms with E-state index in [9.17, 15) is 9.18 Å². The van der Waals surface area contributed by atoms with Crippen LogP contribution in [0.5, 0.6) is 0 Å². The zero-order valence-corrected chi connectivity index (χ0v) is 14.3. The average molecular weight is 319 g/mol. The van der Waals surface area contributed by atoms with Crippen molar-refractivity contribution in [3.63, 3.8) is 0 Å². The number of benzene rings is 1. The number of carbonyl (C=O) groups is 1. The van der Waals surface area contributed by atoms with Gasteiger partial charge in [0.25, 0.3) is 0 Å². The molecule has 1 aromatic carbocycles. The van der Waals surface area contributed by atoms with Crippen LogP contribution < -0.4 is 0 Å². The van der Waals surface area contributed by atoms with Crippen LogP contribution in [0.2, 0.25) is 0 Å². The van der Waals surface area contributed by atoms with E-state index in [-0.39, 0.29) is 23.4 Å². The fraction of sp³-hybridized carbons (Fsp3) is 0.632. The van der Waals surface area contributed by atoms with Crippen molar-refractivity contribution >= 4 is 5.91 Å². The lowest BCUT2D eigenvalue weighted by Crippen LogP contribution is -2.57. The van der Waals surface area contributed by atoms with E-state index in [1.54, 1.807) is 6.07 Å². The van der Waals surface area contributed by atoms with E-state index >= 15 is 0 Å². The van der Waals surface area contributed by atoms with Crippen molar-refractivity contribution in [2.45, 2.75) is 63.6 Å². The predicted octanol–water partition coefficient (Wildman–Crippen LogP) is 3.66. The largest absolute Gasteiger partial charge is 0.369 e. The second-order valence-corrected chi connectivity index (χ2v) is 7.67. The van der Waals surface area contributed by atoms with Crippen LogP contribution in [0.25, 0.3) is 0 Å². The summed E-state index contributed by atoms with van der Waals surface area (Å²) in [6, 6.07) is 6.60. The van der Waals surface area contributed by atoms with Gasteiger partial charge in [-0.1, -0.05) is 25.0 Å². The molecule has 4 heteroatoms. The minimum atomic E-state index is -0.560. The monoisotopic (exact) mass is 319 g/mol. The Hall–Kier alpha value is -1.42. The highest BCUT2D eigenvalue weighted by atomic mass is 19.1. The number of rotatable bonds is 2. The van der Waals surface area contributed by atoms with E-state index < -0.39 is 5.41 Å². The van der Waals surface area contributed by atoms with Gasteiger partial charge in [-0.05, 0) is 51.3 Å². The molecule has 0 radical (unpaired) electrons. The van der Waals surface area contributed by atoms with Gasteiger partial charge in [0, 0.05) is 13.1 Å². The van der Waals surface area contributed by atoms with Crippen LogP contribution in [0, 0.1) is 5.82 Å². The fourth-order valence-electron chi connectivity index (χ4n) is 4.30. The molecule has 126 valence electrons. The second-order valence-electron chi connectivity index (χ2n) is 7.67. The first-order valence-corrected chi connectivity index (χ1v) is 8.56. The van der Waals surface area contributed by atoms with Crippen molar-refractivity contribution in [3.8, 4) is 0 Å². The van der Waals surface area contributed by atoms with Gasteiger partial charge in [-0.15, -0.1) is 0 Å². The van der Waals surface area contributed by atoms with Crippen molar-refractivity contribution in [2.24, 2.45) is 0 Å². The van der Waals surface area contributed by atoms with Crippen LogP contribution >= 0.6 is 0 Å². The molecule has 0 aromatic heterocycles. The highest BCUT2D eigenvalue weighted by molar-refractivity contribution is 5.89. The zero-order chi connectivity index (χ0) is 16.7. The fourth-order valence-corrected chi connectivity index (χ4v) is 4.30. The third-order valence-electron chi connectivity index (χ3n) is 5.10. The summed E-state index contributed by atoms with van der Waals surface area (Å²) in [6.07, 6.45) is 3.67. The summed E-state index contributed by atoms with van der Waals surface area (Å²) in [5, 5.41) is 0. The van der Waals surface area contributed by atoms with Crippen LogP contribution in [-0.2, 0) is 14.9 Å². The smallest absolute Gasteiger partial charge is 0.233 e. The van der Waals surface area contributed by atoms with Gasteiger partial charge in [-0.3, -0.25) is 4.79 Å². The first-order chi connectivity index (χ1) is 10.8. The Labute approximate surface area is 137 Å². The standard InChI is InChI=1S/C19H26FNO2/c1-14-12-21(13-18(2,3)23-14)17(22)19(9-4-5-10-19)15-7-6-8-16(20)11-15/h6-8,11,14H,4-5,9-10,12-13H2,1-3H3.